The highest BCUT2D eigenvalue weighted by molar-refractivity contribution is 5.69. The van der Waals surface area contributed by atoms with Crippen LogP contribution in [0.5, 0.6) is 0 Å². The van der Waals surface area contributed by atoms with E-state index in [0.717, 1.165) is 48.6 Å². The van der Waals surface area contributed by atoms with Gasteiger partial charge in [-0.1, -0.05) is 11.8 Å². The largest absolute Gasteiger partial charge is 0.469 e. The summed E-state index contributed by atoms with van der Waals surface area (Å²) in [5.41, 5.74) is 8.06. The second kappa shape index (κ2) is 8.49. The highest BCUT2D eigenvalue weighted by atomic mass is 16.5. The zero-order chi connectivity index (χ0) is 19.2. The van der Waals surface area contributed by atoms with Crippen molar-refractivity contribution in [3.8, 4) is 11.8 Å². The quantitative estimate of drug-likeness (QED) is 0.656. The van der Waals surface area contributed by atoms with Crippen LogP contribution >= 0.6 is 0 Å². The first-order valence-electron chi connectivity index (χ1n) is 8.93. The number of aromatic nitrogens is 3. The summed E-state index contributed by atoms with van der Waals surface area (Å²) in [7, 11) is 1.43. The summed E-state index contributed by atoms with van der Waals surface area (Å²) < 4.78 is 4.78. The molecule has 3 rings (SSSR count). The number of piperidine rings is 1. The number of nitrogens with two attached hydrogens (primary N) is 1. The minimum atomic E-state index is -0.144. The molecular formula is C20H23N5O2. The number of aryl methyl sites for hydroxylation is 1. The maximum absolute atomic E-state index is 11.5. The van der Waals surface area contributed by atoms with Gasteiger partial charge in [-0.2, -0.15) is 0 Å². The average molecular weight is 365 g/mol. The fourth-order valence-corrected chi connectivity index (χ4v) is 3.13. The zero-order valence-corrected chi connectivity index (χ0v) is 15.6. The molecule has 0 atom stereocenters. The number of nitrogens with zero attached hydrogens (tertiary/aromatic N) is 4. The summed E-state index contributed by atoms with van der Waals surface area (Å²) >= 11 is 0. The minimum Gasteiger partial charge on any atom is -0.469 e. The van der Waals surface area contributed by atoms with Gasteiger partial charge in [0.2, 0.25) is 0 Å². The van der Waals surface area contributed by atoms with Gasteiger partial charge in [-0.15, -0.1) is 0 Å². The highest BCUT2D eigenvalue weighted by Gasteiger charge is 2.24. The van der Waals surface area contributed by atoms with Crippen LogP contribution in [0.25, 0.3) is 0 Å². The molecule has 0 aromatic carbocycles. The number of rotatable bonds is 3. The van der Waals surface area contributed by atoms with Gasteiger partial charge in [-0.25, -0.2) is 15.0 Å². The molecule has 0 amide bonds. The SMILES string of the molecule is COC(=O)CC1CCN(c2ncnc(C)c2C#Cc2ccc(N)nc2)CC1. The van der Waals surface area contributed by atoms with E-state index in [9.17, 15) is 4.79 Å². The molecule has 2 aromatic rings. The summed E-state index contributed by atoms with van der Waals surface area (Å²) in [6.07, 6.45) is 5.55. The number of esters is 1. The van der Waals surface area contributed by atoms with Gasteiger partial charge in [-0.3, -0.25) is 4.79 Å². The van der Waals surface area contributed by atoms with Crippen molar-refractivity contribution in [1.82, 2.24) is 15.0 Å². The lowest BCUT2D eigenvalue weighted by atomic mass is 9.93. The Morgan fingerprint density at radius 2 is 2.04 bits per heavy atom. The number of hydrogen-bond donors (Lipinski definition) is 1. The van der Waals surface area contributed by atoms with Crippen molar-refractivity contribution in [1.29, 1.82) is 0 Å². The van der Waals surface area contributed by atoms with Crippen LogP contribution < -0.4 is 10.6 Å². The Balaban J connectivity index is 1.77. The van der Waals surface area contributed by atoms with Gasteiger partial charge in [0, 0.05) is 31.3 Å². The lowest BCUT2D eigenvalue weighted by molar-refractivity contribution is -0.141. The van der Waals surface area contributed by atoms with Crippen molar-refractivity contribution < 1.29 is 9.53 Å². The molecule has 2 aromatic heterocycles. The molecule has 2 N–H and O–H groups in total. The maximum atomic E-state index is 11.5. The third-order valence-electron chi connectivity index (χ3n) is 4.73. The van der Waals surface area contributed by atoms with Crippen molar-refractivity contribution in [2.24, 2.45) is 5.92 Å². The molecule has 1 saturated heterocycles. The zero-order valence-electron chi connectivity index (χ0n) is 15.6. The molecule has 3 heterocycles. The van der Waals surface area contributed by atoms with Crippen molar-refractivity contribution in [2.45, 2.75) is 26.2 Å². The number of ether oxygens (including phenoxy) is 1. The van der Waals surface area contributed by atoms with E-state index in [1.807, 2.05) is 13.0 Å². The average Bonchev–Trinajstić information content (AvgIpc) is 2.68. The lowest BCUT2D eigenvalue weighted by Gasteiger charge is -2.33. The van der Waals surface area contributed by atoms with Crippen LogP contribution in [0.15, 0.2) is 24.7 Å². The van der Waals surface area contributed by atoms with Crippen molar-refractivity contribution in [3.05, 3.63) is 41.5 Å². The predicted molar refractivity (Wildman–Crippen MR) is 103 cm³/mol. The number of carbonyl (C=O) groups excluding carboxylic acids is 1. The fourth-order valence-electron chi connectivity index (χ4n) is 3.13. The summed E-state index contributed by atoms with van der Waals surface area (Å²) in [5.74, 6) is 7.83. The molecule has 27 heavy (non-hydrogen) atoms. The Bertz CT molecular complexity index is 862. The van der Waals surface area contributed by atoms with Gasteiger partial charge in [0.25, 0.3) is 0 Å². The molecule has 0 radical (unpaired) electrons. The van der Waals surface area contributed by atoms with E-state index in [0.29, 0.717) is 18.2 Å². The molecular weight excluding hydrogens is 342 g/mol. The molecule has 7 nitrogen and oxygen atoms in total. The third-order valence-corrected chi connectivity index (χ3v) is 4.73. The first-order chi connectivity index (χ1) is 13.1. The number of hydrogen-bond acceptors (Lipinski definition) is 7. The monoisotopic (exact) mass is 365 g/mol. The molecule has 0 spiro atoms. The van der Waals surface area contributed by atoms with E-state index in [2.05, 4.69) is 31.7 Å². The molecule has 1 aliphatic heterocycles. The topological polar surface area (TPSA) is 94.2 Å². The normalized spacial score (nSPS) is 14.4. The van der Waals surface area contributed by atoms with Gasteiger partial charge >= 0.3 is 5.97 Å². The maximum Gasteiger partial charge on any atom is 0.305 e. The standard InChI is InChI=1S/C20H23N5O2/c1-14-17(5-3-16-4-6-18(21)22-12-16)20(24-13-23-14)25-9-7-15(8-10-25)11-19(26)27-2/h4,6,12-13,15H,7-11H2,1-2H3,(H2,21,22). The van der Waals surface area contributed by atoms with E-state index >= 15 is 0 Å². The fraction of sp³-hybridized carbons (Fsp3) is 0.400. The van der Waals surface area contributed by atoms with Crippen LogP contribution in [0.1, 0.15) is 36.1 Å². The number of nitrogen functional groups attached to an aromatic ring is 1. The van der Waals surface area contributed by atoms with E-state index in [1.165, 1.54) is 7.11 Å². The van der Waals surface area contributed by atoms with E-state index in [4.69, 9.17) is 10.5 Å². The Kier molecular flexibility index (Phi) is 5.87. The van der Waals surface area contributed by atoms with E-state index < -0.39 is 0 Å². The summed E-state index contributed by atoms with van der Waals surface area (Å²) in [4.78, 5) is 26.5. The molecule has 0 unspecified atom stereocenters. The van der Waals surface area contributed by atoms with Crippen molar-refractivity contribution in [3.63, 3.8) is 0 Å². The van der Waals surface area contributed by atoms with Crippen LogP contribution in [-0.4, -0.2) is 41.1 Å². The van der Waals surface area contributed by atoms with E-state index in [1.54, 1.807) is 18.6 Å². The minimum absolute atomic E-state index is 0.144. The third kappa shape index (κ3) is 4.73. The summed E-state index contributed by atoms with van der Waals surface area (Å²) in [6, 6.07) is 3.57. The second-order valence-corrected chi connectivity index (χ2v) is 6.59. The van der Waals surface area contributed by atoms with Gasteiger partial charge in [0.05, 0.1) is 18.4 Å². The molecule has 1 aliphatic rings. The van der Waals surface area contributed by atoms with E-state index in [-0.39, 0.29) is 5.97 Å². The number of pyridine rings is 1. The number of methoxy groups -OCH3 is 1. The molecule has 0 saturated carbocycles. The van der Waals surface area contributed by atoms with Gasteiger partial charge < -0.3 is 15.4 Å². The Morgan fingerprint density at radius 3 is 2.70 bits per heavy atom. The second-order valence-electron chi connectivity index (χ2n) is 6.59. The van der Waals surface area contributed by atoms with Crippen molar-refractivity contribution in [2.75, 3.05) is 30.8 Å². The molecule has 7 heteroatoms. The van der Waals surface area contributed by atoms with Crippen LogP contribution in [0.4, 0.5) is 11.6 Å². The molecule has 0 bridgehead atoms. The van der Waals surface area contributed by atoms with Crippen LogP contribution in [0, 0.1) is 24.7 Å². The van der Waals surface area contributed by atoms with Gasteiger partial charge in [-0.05, 0) is 37.8 Å². The van der Waals surface area contributed by atoms with Gasteiger partial charge in [0.15, 0.2) is 0 Å². The lowest BCUT2D eigenvalue weighted by Crippen LogP contribution is -2.35. The van der Waals surface area contributed by atoms with Crippen LogP contribution in [0.3, 0.4) is 0 Å². The molecule has 140 valence electrons. The molecule has 0 aliphatic carbocycles. The Hall–Kier alpha value is -3.14. The Morgan fingerprint density at radius 1 is 1.26 bits per heavy atom. The van der Waals surface area contributed by atoms with Crippen LogP contribution in [0.2, 0.25) is 0 Å². The summed E-state index contributed by atoms with van der Waals surface area (Å²) in [6.45, 7) is 3.59. The smallest absolute Gasteiger partial charge is 0.305 e. The molecule has 1 fully saturated rings. The number of carbonyl (C=O) groups is 1. The first kappa shape index (κ1) is 18.6. The van der Waals surface area contributed by atoms with Crippen molar-refractivity contribution >= 4 is 17.6 Å². The predicted octanol–water partition coefficient (Wildman–Crippen LogP) is 1.94. The van der Waals surface area contributed by atoms with Gasteiger partial charge in [0.1, 0.15) is 18.0 Å². The van der Waals surface area contributed by atoms with Crippen LogP contribution in [-0.2, 0) is 9.53 Å². The Labute approximate surface area is 159 Å². The summed E-state index contributed by atoms with van der Waals surface area (Å²) in [5, 5.41) is 0. The highest BCUT2D eigenvalue weighted by Crippen LogP contribution is 2.27. The number of anilines is 2. The first-order valence-corrected chi connectivity index (χ1v) is 8.93.